The van der Waals surface area contributed by atoms with E-state index in [-0.39, 0.29) is 29.3 Å². The van der Waals surface area contributed by atoms with E-state index in [0.717, 1.165) is 52.5 Å². The summed E-state index contributed by atoms with van der Waals surface area (Å²) >= 11 is 1.66. The number of anilines is 1. The van der Waals surface area contributed by atoms with E-state index in [1.54, 1.807) is 29.5 Å². The molecule has 7 nitrogen and oxygen atoms in total. The summed E-state index contributed by atoms with van der Waals surface area (Å²) in [6.07, 6.45) is 2.80. The van der Waals surface area contributed by atoms with Crippen LogP contribution in [0, 0.1) is 18.7 Å². The smallest absolute Gasteiger partial charge is 0.185 e. The molecule has 1 aliphatic rings. The van der Waals surface area contributed by atoms with Crippen LogP contribution in [-0.2, 0) is 6.42 Å². The summed E-state index contributed by atoms with van der Waals surface area (Å²) in [6, 6.07) is 10.2. The summed E-state index contributed by atoms with van der Waals surface area (Å²) in [5.74, 6) is 0.327. The molecule has 1 aliphatic heterocycles. The van der Waals surface area contributed by atoms with Crippen LogP contribution in [0.5, 0.6) is 5.75 Å². The van der Waals surface area contributed by atoms with Crippen LogP contribution < -0.4 is 9.64 Å². The zero-order chi connectivity index (χ0) is 26.1. The van der Waals surface area contributed by atoms with Crippen molar-refractivity contribution in [2.75, 3.05) is 45.7 Å². The molecule has 1 fully saturated rings. The van der Waals surface area contributed by atoms with Gasteiger partial charge in [0, 0.05) is 32.8 Å². The Morgan fingerprint density at radius 2 is 2.08 bits per heavy atom. The van der Waals surface area contributed by atoms with Crippen LogP contribution in [0.4, 0.5) is 10.1 Å². The Hall–Kier alpha value is -3.43. The first-order valence-corrected chi connectivity index (χ1v) is 13.1. The van der Waals surface area contributed by atoms with E-state index in [1.807, 2.05) is 19.1 Å². The highest BCUT2D eigenvalue weighted by Crippen LogP contribution is 2.35. The third-order valence-electron chi connectivity index (χ3n) is 6.84. The summed E-state index contributed by atoms with van der Waals surface area (Å²) in [5.41, 5.74) is 3.20. The van der Waals surface area contributed by atoms with Gasteiger partial charge in [0.25, 0.3) is 0 Å². The van der Waals surface area contributed by atoms with Gasteiger partial charge in [-0.1, -0.05) is 12.1 Å². The molecule has 3 heterocycles. The first kappa shape index (κ1) is 25.2. The Morgan fingerprint density at radius 1 is 1.24 bits per heavy atom. The van der Waals surface area contributed by atoms with Crippen molar-refractivity contribution >= 4 is 33.0 Å². The molecule has 192 valence electrons. The molecule has 2 aromatic heterocycles. The molecular weight excluding hydrogens is 489 g/mol. The van der Waals surface area contributed by atoms with Gasteiger partial charge < -0.3 is 14.5 Å². The van der Waals surface area contributed by atoms with Gasteiger partial charge in [0.15, 0.2) is 11.6 Å². The number of Topliss-reactive ketones (excluding diaryl/α,β-unsaturated/α-hetero) is 1. The fraction of sp³-hybridized carbons (Fsp3) is 0.357. The monoisotopic (exact) mass is 519 g/mol. The second-order valence-corrected chi connectivity index (χ2v) is 10.9. The summed E-state index contributed by atoms with van der Waals surface area (Å²) in [7, 11) is 5.70. The van der Waals surface area contributed by atoms with Crippen molar-refractivity contribution in [1.82, 2.24) is 19.9 Å². The zero-order valence-electron chi connectivity index (χ0n) is 21.5. The lowest BCUT2D eigenvalue weighted by molar-refractivity contribution is 0.0988. The SMILES string of the molecule is COc1cccc(F)c1-c1nccc(C(=O)Cc2ccc3sc(C)nc3c2N(C)CC2CCN(C)C2)n1. The lowest BCUT2D eigenvalue weighted by Crippen LogP contribution is -2.28. The van der Waals surface area contributed by atoms with Crippen LogP contribution in [0.2, 0.25) is 0 Å². The Bertz CT molecular complexity index is 1460. The largest absolute Gasteiger partial charge is 0.496 e. The van der Waals surface area contributed by atoms with Crippen molar-refractivity contribution in [1.29, 1.82) is 0 Å². The van der Waals surface area contributed by atoms with Crippen molar-refractivity contribution in [2.45, 2.75) is 19.8 Å². The average molecular weight is 520 g/mol. The maximum Gasteiger partial charge on any atom is 0.185 e. The molecule has 1 atom stereocenters. The number of nitrogens with zero attached hydrogens (tertiary/aromatic N) is 5. The van der Waals surface area contributed by atoms with Gasteiger partial charge in [-0.3, -0.25) is 4.79 Å². The second-order valence-electron chi connectivity index (χ2n) is 9.63. The average Bonchev–Trinajstić information content (AvgIpc) is 3.47. The van der Waals surface area contributed by atoms with E-state index in [9.17, 15) is 9.18 Å². The molecule has 2 aromatic carbocycles. The number of carbonyl (C=O) groups excluding carboxylic acids is 1. The van der Waals surface area contributed by atoms with Gasteiger partial charge in [0.05, 0.1) is 28.1 Å². The number of hydrogen-bond acceptors (Lipinski definition) is 8. The first-order valence-electron chi connectivity index (χ1n) is 12.3. The third-order valence-corrected chi connectivity index (χ3v) is 7.77. The molecule has 9 heteroatoms. The number of ether oxygens (including phenoxy) is 1. The number of methoxy groups -OCH3 is 1. The van der Waals surface area contributed by atoms with Crippen LogP contribution in [0.1, 0.15) is 27.5 Å². The Morgan fingerprint density at radius 3 is 2.84 bits per heavy atom. The van der Waals surface area contributed by atoms with Crippen LogP contribution in [-0.4, -0.2) is 66.5 Å². The van der Waals surface area contributed by atoms with Crippen molar-refractivity contribution in [3.8, 4) is 17.1 Å². The summed E-state index contributed by atoms with van der Waals surface area (Å²) in [4.78, 5) is 31.6. The molecule has 0 saturated carbocycles. The molecule has 0 N–H and O–H groups in total. The molecule has 0 spiro atoms. The number of halogens is 1. The normalized spacial score (nSPS) is 15.9. The van der Waals surface area contributed by atoms with Crippen LogP contribution in [0.15, 0.2) is 42.6 Å². The van der Waals surface area contributed by atoms with Crippen molar-refractivity contribution in [3.05, 3.63) is 64.7 Å². The highest BCUT2D eigenvalue weighted by Gasteiger charge is 2.25. The van der Waals surface area contributed by atoms with Gasteiger partial charge in [0.2, 0.25) is 0 Å². The fourth-order valence-corrected chi connectivity index (χ4v) is 5.97. The number of likely N-dealkylation sites (tertiary alicyclic amines) is 1. The number of benzene rings is 2. The minimum absolute atomic E-state index is 0.120. The quantitative estimate of drug-likeness (QED) is 0.303. The number of fused-ring (bicyclic) bond motifs is 1. The number of thiazole rings is 1. The van der Waals surface area contributed by atoms with Crippen LogP contribution in [0.25, 0.3) is 21.6 Å². The molecule has 1 saturated heterocycles. The molecule has 4 aromatic rings. The maximum absolute atomic E-state index is 14.6. The Kier molecular flexibility index (Phi) is 7.17. The minimum atomic E-state index is -0.505. The topological polar surface area (TPSA) is 71.5 Å². The number of carbonyl (C=O) groups is 1. The number of hydrogen-bond donors (Lipinski definition) is 0. The lowest BCUT2D eigenvalue weighted by Gasteiger charge is -2.26. The lowest BCUT2D eigenvalue weighted by atomic mass is 10.0. The Balaban J connectivity index is 1.47. The van der Waals surface area contributed by atoms with E-state index < -0.39 is 5.82 Å². The predicted octanol–water partition coefficient (Wildman–Crippen LogP) is 5.02. The number of aryl methyl sites for hydroxylation is 1. The standard InChI is InChI=1S/C28H30FN5O2S/c1-17-31-26-24(37-17)9-8-19(27(26)34(3)16-18-11-13-33(2)15-18)14-22(35)21-10-12-30-28(32-21)25-20(29)6-5-7-23(25)36-4/h5-10,12,18H,11,13-16H2,1-4H3. The van der Waals surface area contributed by atoms with E-state index in [4.69, 9.17) is 9.72 Å². The van der Waals surface area contributed by atoms with E-state index in [2.05, 4.69) is 33.9 Å². The molecule has 0 radical (unpaired) electrons. The van der Waals surface area contributed by atoms with Crippen LogP contribution in [0.3, 0.4) is 0 Å². The number of rotatable bonds is 8. The van der Waals surface area contributed by atoms with E-state index in [0.29, 0.717) is 11.7 Å². The zero-order valence-corrected chi connectivity index (χ0v) is 22.3. The van der Waals surface area contributed by atoms with Gasteiger partial charge in [0.1, 0.15) is 22.8 Å². The summed E-state index contributed by atoms with van der Waals surface area (Å²) < 4.78 is 21.0. The summed E-state index contributed by atoms with van der Waals surface area (Å²) in [6.45, 7) is 5.07. The molecule has 0 amide bonds. The van der Waals surface area contributed by atoms with Crippen molar-refractivity contribution < 1.29 is 13.9 Å². The van der Waals surface area contributed by atoms with Gasteiger partial charge in [-0.25, -0.2) is 19.3 Å². The fourth-order valence-electron chi connectivity index (χ4n) is 5.14. The highest BCUT2D eigenvalue weighted by atomic mass is 32.1. The van der Waals surface area contributed by atoms with Gasteiger partial charge in [-0.15, -0.1) is 11.3 Å². The maximum atomic E-state index is 14.6. The number of aromatic nitrogens is 3. The molecule has 0 aliphatic carbocycles. The minimum Gasteiger partial charge on any atom is -0.496 e. The molecule has 5 rings (SSSR count). The van der Waals surface area contributed by atoms with Crippen LogP contribution >= 0.6 is 11.3 Å². The predicted molar refractivity (Wildman–Crippen MR) is 145 cm³/mol. The summed E-state index contributed by atoms with van der Waals surface area (Å²) in [5, 5.41) is 0.994. The molecule has 37 heavy (non-hydrogen) atoms. The van der Waals surface area contributed by atoms with Gasteiger partial charge in [-0.2, -0.15) is 0 Å². The molecule has 1 unspecified atom stereocenters. The molecular formula is C28H30FN5O2S. The van der Waals surface area contributed by atoms with Gasteiger partial charge in [-0.05, 0) is 62.7 Å². The van der Waals surface area contributed by atoms with Gasteiger partial charge >= 0.3 is 0 Å². The third kappa shape index (κ3) is 5.19. The highest BCUT2D eigenvalue weighted by molar-refractivity contribution is 7.18. The Labute approximate surface area is 219 Å². The van der Waals surface area contributed by atoms with Crippen molar-refractivity contribution in [2.24, 2.45) is 5.92 Å². The van der Waals surface area contributed by atoms with E-state index >= 15 is 0 Å². The molecule has 0 bridgehead atoms. The number of ketones is 1. The first-order chi connectivity index (χ1) is 17.8. The van der Waals surface area contributed by atoms with E-state index in [1.165, 1.54) is 19.4 Å². The van der Waals surface area contributed by atoms with Crippen molar-refractivity contribution in [3.63, 3.8) is 0 Å². The second kappa shape index (κ2) is 10.5.